The van der Waals surface area contributed by atoms with E-state index in [0.29, 0.717) is 12.3 Å². The van der Waals surface area contributed by atoms with Crippen LogP contribution in [0.25, 0.3) is 0 Å². The van der Waals surface area contributed by atoms with Gasteiger partial charge >= 0.3 is 5.69 Å². The zero-order chi connectivity index (χ0) is 16.3. The van der Waals surface area contributed by atoms with E-state index in [2.05, 4.69) is 4.98 Å². The number of thioether (sulfide) groups is 1. The van der Waals surface area contributed by atoms with E-state index in [1.807, 2.05) is 0 Å². The lowest BCUT2D eigenvalue weighted by Crippen LogP contribution is -2.26. The first-order valence-corrected chi connectivity index (χ1v) is 7.54. The van der Waals surface area contributed by atoms with Crippen LogP contribution < -0.4 is 9.64 Å². The molecule has 0 radical (unpaired) electrons. The van der Waals surface area contributed by atoms with Gasteiger partial charge in [-0.25, -0.2) is 0 Å². The van der Waals surface area contributed by atoms with Crippen molar-refractivity contribution in [2.75, 3.05) is 24.3 Å². The smallest absolute Gasteiger partial charge is 0.312 e. The third-order valence-corrected chi connectivity index (χ3v) is 4.26. The molecule has 0 saturated carbocycles. The average molecular weight is 325 g/mol. The summed E-state index contributed by atoms with van der Waals surface area (Å²) in [5, 5.41) is 11.1. The molecule has 1 fully saturated rings. The molecule has 1 aliphatic rings. The Bertz CT molecular complexity index is 622. The average Bonchev–Trinajstić information content (AvgIpc) is 2.85. The number of hydrogen-bond acceptors (Lipinski definition) is 7. The molecule has 1 amide bonds. The maximum Gasteiger partial charge on any atom is 0.312 e. The third kappa shape index (κ3) is 3.53. The van der Waals surface area contributed by atoms with Crippen molar-refractivity contribution in [2.45, 2.75) is 13.3 Å². The number of amides is 1. The van der Waals surface area contributed by atoms with Gasteiger partial charge < -0.3 is 4.74 Å². The molecule has 1 aromatic heterocycles. The molecule has 118 valence electrons. The highest BCUT2D eigenvalue weighted by Crippen LogP contribution is 2.33. The maximum absolute atomic E-state index is 12.1. The van der Waals surface area contributed by atoms with Crippen LogP contribution in [0.1, 0.15) is 13.3 Å². The van der Waals surface area contributed by atoms with Crippen molar-refractivity contribution >= 4 is 34.3 Å². The fourth-order valence-corrected chi connectivity index (χ4v) is 2.91. The minimum atomic E-state index is -0.577. The van der Waals surface area contributed by atoms with Gasteiger partial charge in [0.25, 0.3) is 0 Å². The second-order valence-corrected chi connectivity index (χ2v) is 6.03. The van der Waals surface area contributed by atoms with Gasteiger partial charge in [0.2, 0.25) is 17.6 Å². The van der Waals surface area contributed by atoms with Crippen molar-refractivity contribution in [1.29, 1.82) is 0 Å². The van der Waals surface area contributed by atoms with Crippen molar-refractivity contribution in [3.05, 3.63) is 22.2 Å². The molecule has 1 aromatic rings. The van der Waals surface area contributed by atoms with E-state index in [1.54, 1.807) is 0 Å². The maximum atomic E-state index is 12.1. The van der Waals surface area contributed by atoms with Crippen LogP contribution in [0.5, 0.6) is 5.88 Å². The molecular formula is C13H15N3O5S. The van der Waals surface area contributed by atoms with Crippen LogP contribution in [-0.4, -0.2) is 40.3 Å². The molecule has 2 heterocycles. The molecule has 8 nitrogen and oxygen atoms in total. The van der Waals surface area contributed by atoms with E-state index in [0.717, 1.165) is 11.8 Å². The van der Waals surface area contributed by atoms with E-state index in [9.17, 15) is 19.7 Å². The van der Waals surface area contributed by atoms with Crippen LogP contribution >= 0.6 is 11.8 Å². The Morgan fingerprint density at radius 3 is 2.91 bits per heavy atom. The molecule has 1 saturated heterocycles. The van der Waals surface area contributed by atoms with Crippen LogP contribution in [-0.2, 0) is 9.59 Å². The second kappa shape index (κ2) is 6.73. The van der Waals surface area contributed by atoms with Crippen LogP contribution in [0.2, 0.25) is 0 Å². The molecule has 0 N–H and O–H groups in total. The lowest BCUT2D eigenvalue weighted by molar-refractivity contribution is -0.384. The molecule has 1 aliphatic heterocycles. The number of methoxy groups -OCH3 is 1. The molecule has 0 bridgehead atoms. The molecule has 1 atom stereocenters. The minimum absolute atomic E-state index is 0.00956. The number of hydrogen-bond donors (Lipinski definition) is 0. The summed E-state index contributed by atoms with van der Waals surface area (Å²) >= 11 is 1.15. The summed E-state index contributed by atoms with van der Waals surface area (Å²) in [4.78, 5) is 39.0. The predicted molar refractivity (Wildman–Crippen MR) is 81.0 cm³/mol. The largest absolute Gasteiger partial charge is 0.481 e. The number of anilines is 1. The summed E-state index contributed by atoms with van der Waals surface area (Å²) in [5.74, 6) is 0.432. The topological polar surface area (TPSA) is 103 Å². The number of ether oxygens (including phenoxy) is 1. The number of rotatable bonds is 5. The van der Waals surface area contributed by atoms with E-state index in [1.165, 1.54) is 31.1 Å². The Morgan fingerprint density at radius 1 is 1.59 bits per heavy atom. The summed E-state index contributed by atoms with van der Waals surface area (Å²) in [6.07, 6.45) is 0.246. The number of pyridine rings is 1. The normalized spacial score (nSPS) is 17.6. The molecular weight excluding hydrogens is 310 g/mol. The molecule has 0 aliphatic carbocycles. The first-order chi connectivity index (χ1) is 10.4. The van der Waals surface area contributed by atoms with Gasteiger partial charge in [-0.15, -0.1) is 0 Å². The Labute approximate surface area is 131 Å². The highest BCUT2D eigenvalue weighted by molar-refractivity contribution is 8.13. The summed E-state index contributed by atoms with van der Waals surface area (Å²) < 4.78 is 4.97. The monoisotopic (exact) mass is 325 g/mol. The van der Waals surface area contributed by atoms with Gasteiger partial charge in [0, 0.05) is 37.8 Å². The lowest BCUT2D eigenvalue weighted by Gasteiger charge is -2.16. The van der Waals surface area contributed by atoms with Crippen molar-refractivity contribution < 1.29 is 19.2 Å². The van der Waals surface area contributed by atoms with E-state index >= 15 is 0 Å². The fourth-order valence-electron chi connectivity index (χ4n) is 2.21. The highest BCUT2D eigenvalue weighted by atomic mass is 32.2. The van der Waals surface area contributed by atoms with Crippen molar-refractivity contribution in [3.8, 4) is 5.88 Å². The van der Waals surface area contributed by atoms with E-state index in [4.69, 9.17) is 4.74 Å². The number of nitro groups is 1. The van der Waals surface area contributed by atoms with Gasteiger partial charge in [0.05, 0.1) is 12.0 Å². The molecule has 2 rings (SSSR count). The Balaban J connectivity index is 2.25. The lowest BCUT2D eigenvalue weighted by atomic mass is 10.1. The minimum Gasteiger partial charge on any atom is -0.481 e. The predicted octanol–water partition coefficient (Wildman–Crippen LogP) is 1.63. The number of carbonyl (C=O) groups is 2. The van der Waals surface area contributed by atoms with Gasteiger partial charge in [0.15, 0.2) is 5.12 Å². The van der Waals surface area contributed by atoms with Crippen molar-refractivity contribution in [2.24, 2.45) is 5.92 Å². The van der Waals surface area contributed by atoms with Crippen LogP contribution in [0.3, 0.4) is 0 Å². The Morgan fingerprint density at radius 2 is 2.32 bits per heavy atom. The van der Waals surface area contributed by atoms with Gasteiger partial charge in [0.1, 0.15) is 0 Å². The molecule has 9 heteroatoms. The quantitative estimate of drug-likeness (QED) is 0.598. The van der Waals surface area contributed by atoms with Gasteiger partial charge in [-0.05, 0) is 5.92 Å². The standard InChI is InChI=1S/C13H15N3O5S/c1-8(17)22-7-9-5-12(18)15(6-9)13-10(16(19)20)3-4-11(14-13)21-2/h3-4,9H,5-7H2,1-2H3. The molecule has 22 heavy (non-hydrogen) atoms. The first kappa shape index (κ1) is 16.2. The fraction of sp³-hybridized carbons (Fsp3) is 0.462. The molecule has 0 aromatic carbocycles. The van der Waals surface area contributed by atoms with Crippen LogP contribution in [0.15, 0.2) is 12.1 Å². The van der Waals surface area contributed by atoms with E-state index in [-0.39, 0.29) is 40.7 Å². The third-order valence-electron chi connectivity index (χ3n) is 3.22. The molecule has 1 unspecified atom stereocenters. The van der Waals surface area contributed by atoms with Crippen molar-refractivity contribution in [1.82, 2.24) is 4.98 Å². The van der Waals surface area contributed by atoms with Gasteiger partial charge in [-0.1, -0.05) is 11.8 Å². The summed E-state index contributed by atoms with van der Waals surface area (Å²) in [6, 6.07) is 2.65. The SMILES string of the molecule is COc1ccc([N+](=O)[O-])c(N2CC(CSC(C)=O)CC2=O)n1. The van der Waals surface area contributed by atoms with Gasteiger partial charge in [-0.3, -0.25) is 24.6 Å². The zero-order valence-corrected chi connectivity index (χ0v) is 13.0. The van der Waals surface area contributed by atoms with E-state index < -0.39 is 4.92 Å². The van der Waals surface area contributed by atoms with Gasteiger partial charge in [-0.2, -0.15) is 4.98 Å². The van der Waals surface area contributed by atoms with Crippen LogP contribution in [0.4, 0.5) is 11.5 Å². The highest BCUT2D eigenvalue weighted by Gasteiger charge is 2.35. The van der Waals surface area contributed by atoms with Crippen LogP contribution in [0, 0.1) is 16.0 Å². The Hall–Kier alpha value is -2.16. The summed E-state index contributed by atoms with van der Waals surface area (Å²) in [7, 11) is 1.40. The summed E-state index contributed by atoms with van der Waals surface area (Å²) in [6.45, 7) is 1.77. The number of nitrogens with zero attached hydrogens (tertiary/aromatic N) is 3. The summed E-state index contributed by atoms with van der Waals surface area (Å²) in [5.41, 5.74) is -0.242. The Kier molecular flexibility index (Phi) is 4.96. The number of aromatic nitrogens is 1. The first-order valence-electron chi connectivity index (χ1n) is 6.55. The van der Waals surface area contributed by atoms with Crippen molar-refractivity contribution in [3.63, 3.8) is 0 Å². The zero-order valence-electron chi connectivity index (χ0n) is 12.1. The number of carbonyl (C=O) groups excluding carboxylic acids is 2. The second-order valence-electron chi connectivity index (χ2n) is 4.83. The molecule has 0 spiro atoms.